The van der Waals surface area contributed by atoms with E-state index >= 15 is 0 Å². The van der Waals surface area contributed by atoms with Gasteiger partial charge in [0.05, 0.1) is 0 Å². The van der Waals surface area contributed by atoms with Crippen LogP contribution >= 0.6 is 0 Å². The number of allylic oxidation sites excluding steroid dienone is 2. The number of ketones is 1. The lowest BCUT2D eigenvalue weighted by molar-refractivity contribution is 0.0670. The zero-order valence-electron chi connectivity index (χ0n) is 13.1. The molecule has 3 aliphatic rings. The van der Waals surface area contributed by atoms with Gasteiger partial charge in [-0.1, -0.05) is 43.7 Å². The summed E-state index contributed by atoms with van der Waals surface area (Å²) in [5.74, 6) is 1.62. The van der Waals surface area contributed by atoms with Gasteiger partial charge in [0.25, 0.3) is 0 Å². The fourth-order valence-electron chi connectivity index (χ4n) is 4.97. The molecule has 1 aromatic carbocycles. The zero-order valence-corrected chi connectivity index (χ0v) is 13.1. The molecule has 1 heteroatoms. The Morgan fingerprint density at radius 3 is 2.90 bits per heavy atom. The molecule has 0 saturated heterocycles. The van der Waals surface area contributed by atoms with Gasteiger partial charge in [0.15, 0.2) is 5.78 Å². The van der Waals surface area contributed by atoms with Crippen molar-refractivity contribution in [3.05, 3.63) is 46.5 Å². The average Bonchev–Trinajstić information content (AvgIpc) is 3.11. The molecule has 0 heterocycles. The second kappa shape index (κ2) is 4.56. The van der Waals surface area contributed by atoms with Gasteiger partial charge in [0.1, 0.15) is 0 Å². The molecule has 4 rings (SSSR count). The number of carbonyl (C=O) groups excluding carboxylic acids is 1. The van der Waals surface area contributed by atoms with Gasteiger partial charge < -0.3 is 0 Å². The molecule has 3 aliphatic carbocycles. The lowest BCUT2D eigenvalue weighted by Gasteiger charge is -2.39. The highest BCUT2D eigenvalue weighted by atomic mass is 16.1. The Bertz CT molecular complexity index is 639. The summed E-state index contributed by atoms with van der Waals surface area (Å²) in [5, 5.41) is 0. The molecular weight excluding hydrogens is 256 g/mol. The van der Waals surface area contributed by atoms with Crippen molar-refractivity contribution in [2.75, 3.05) is 0 Å². The normalized spacial score (nSPS) is 31.4. The maximum Gasteiger partial charge on any atom is 0.169 e. The first-order valence-corrected chi connectivity index (χ1v) is 8.50. The maximum absolute atomic E-state index is 13.3. The third-order valence-corrected chi connectivity index (χ3v) is 6.40. The third-order valence-electron chi connectivity index (χ3n) is 6.40. The molecule has 110 valence electrons. The van der Waals surface area contributed by atoms with Gasteiger partial charge >= 0.3 is 0 Å². The van der Waals surface area contributed by atoms with Gasteiger partial charge in [-0.05, 0) is 61.5 Å². The molecule has 0 amide bonds. The predicted molar refractivity (Wildman–Crippen MR) is 85.7 cm³/mol. The first-order chi connectivity index (χ1) is 10.2. The van der Waals surface area contributed by atoms with Crippen molar-refractivity contribution < 1.29 is 4.79 Å². The first kappa shape index (κ1) is 13.3. The molecule has 0 N–H and O–H groups in total. The van der Waals surface area contributed by atoms with Crippen LogP contribution in [0.1, 0.15) is 73.4 Å². The Morgan fingerprint density at radius 1 is 1.38 bits per heavy atom. The second-order valence-corrected chi connectivity index (χ2v) is 7.34. The number of Topliss-reactive ketones (excluding diaryl/α,β-unsaturated/α-hetero) is 1. The van der Waals surface area contributed by atoms with Crippen molar-refractivity contribution in [1.29, 1.82) is 0 Å². The molecule has 3 atom stereocenters. The number of benzene rings is 1. The Morgan fingerprint density at radius 2 is 2.24 bits per heavy atom. The Kier molecular flexibility index (Phi) is 2.89. The van der Waals surface area contributed by atoms with Crippen LogP contribution in [0.4, 0.5) is 0 Å². The van der Waals surface area contributed by atoms with Crippen LogP contribution in [0.15, 0.2) is 29.8 Å². The summed E-state index contributed by atoms with van der Waals surface area (Å²) in [6, 6.07) is 6.43. The largest absolute Gasteiger partial charge is 0.294 e. The summed E-state index contributed by atoms with van der Waals surface area (Å²) in [6.45, 7) is 4.52. The summed E-state index contributed by atoms with van der Waals surface area (Å²) >= 11 is 0. The lowest BCUT2D eigenvalue weighted by Crippen LogP contribution is -2.40. The number of carbonyl (C=O) groups is 1. The van der Waals surface area contributed by atoms with Crippen LogP contribution in [0.25, 0.3) is 0 Å². The second-order valence-electron chi connectivity index (χ2n) is 7.34. The predicted octanol–water partition coefficient (Wildman–Crippen LogP) is 5.06. The Labute approximate surface area is 127 Å². The maximum atomic E-state index is 13.3. The van der Waals surface area contributed by atoms with Gasteiger partial charge in [-0.25, -0.2) is 0 Å². The van der Waals surface area contributed by atoms with E-state index in [1.165, 1.54) is 17.5 Å². The number of hydrogen-bond donors (Lipinski definition) is 0. The van der Waals surface area contributed by atoms with E-state index in [4.69, 9.17) is 0 Å². The highest BCUT2D eigenvalue weighted by Gasteiger charge is 2.54. The van der Waals surface area contributed by atoms with E-state index in [-0.39, 0.29) is 5.41 Å². The van der Waals surface area contributed by atoms with E-state index in [0.29, 0.717) is 17.6 Å². The van der Waals surface area contributed by atoms with Crippen molar-refractivity contribution >= 4 is 5.78 Å². The molecule has 1 fully saturated rings. The molecule has 1 saturated carbocycles. The first-order valence-electron chi connectivity index (χ1n) is 8.50. The van der Waals surface area contributed by atoms with Gasteiger partial charge in [0.2, 0.25) is 0 Å². The minimum atomic E-state index is -0.0365. The molecule has 1 aromatic rings. The fourth-order valence-corrected chi connectivity index (χ4v) is 4.97. The van der Waals surface area contributed by atoms with E-state index < -0.39 is 0 Å². The molecule has 21 heavy (non-hydrogen) atoms. The van der Waals surface area contributed by atoms with Gasteiger partial charge in [-0.3, -0.25) is 4.79 Å². The minimum Gasteiger partial charge on any atom is -0.294 e. The number of fused-ring (bicyclic) bond motifs is 4. The molecule has 2 bridgehead atoms. The van der Waals surface area contributed by atoms with Crippen molar-refractivity contribution in [3.8, 4) is 0 Å². The molecule has 1 spiro atoms. The van der Waals surface area contributed by atoms with E-state index in [9.17, 15) is 4.79 Å². The quantitative estimate of drug-likeness (QED) is 0.692. The van der Waals surface area contributed by atoms with Crippen LogP contribution in [0.3, 0.4) is 0 Å². The van der Waals surface area contributed by atoms with Gasteiger partial charge in [0, 0.05) is 11.0 Å². The van der Waals surface area contributed by atoms with E-state index in [1.807, 2.05) is 0 Å². The third kappa shape index (κ3) is 1.73. The molecule has 0 aromatic heterocycles. The summed E-state index contributed by atoms with van der Waals surface area (Å²) in [6.07, 6.45) is 9.08. The lowest BCUT2D eigenvalue weighted by atomic mass is 9.62. The van der Waals surface area contributed by atoms with Crippen molar-refractivity contribution in [1.82, 2.24) is 0 Å². The van der Waals surface area contributed by atoms with Gasteiger partial charge in [-0.15, -0.1) is 0 Å². The van der Waals surface area contributed by atoms with Crippen LogP contribution in [0.5, 0.6) is 0 Å². The van der Waals surface area contributed by atoms with Crippen LogP contribution in [0.2, 0.25) is 0 Å². The molecule has 0 radical (unpaired) electrons. The number of rotatable bonds is 2. The summed E-state index contributed by atoms with van der Waals surface area (Å²) in [7, 11) is 0. The van der Waals surface area contributed by atoms with Crippen LogP contribution in [-0.4, -0.2) is 5.78 Å². The van der Waals surface area contributed by atoms with Crippen LogP contribution in [-0.2, 0) is 6.42 Å². The molecular formula is C20H24O. The smallest absolute Gasteiger partial charge is 0.169 e. The topological polar surface area (TPSA) is 17.1 Å². The standard InChI is InChI=1S/C20H24O/c1-3-13(2)16-5-4-6-18-17(16)9-10-20(19(18)21)12-14-7-8-15(20)11-14/h4-7,13,15H,3,8-12H2,1-2H3. The molecule has 1 nitrogen and oxygen atoms in total. The summed E-state index contributed by atoms with van der Waals surface area (Å²) in [5.41, 5.74) is 5.34. The van der Waals surface area contributed by atoms with Crippen LogP contribution in [0, 0.1) is 11.3 Å². The van der Waals surface area contributed by atoms with Crippen molar-refractivity contribution in [2.24, 2.45) is 11.3 Å². The SMILES string of the molecule is CCC(C)c1cccc2c1CCC1(CC3=CCC1C3)C2=O. The van der Waals surface area contributed by atoms with Crippen LogP contribution < -0.4 is 0 Å². The van der Waals surface area contributed by atoms with Crippen molar-refractivity contribution in [3.63, 3.8) is 0 Å². The van der Waals surface area contributed by atoms with Gasteiger partial charge in [-0.2, -0.15) is 0 Å². The fraction of sp³-hybridized carbons (Fsp3) is 0.550. The number of hydrogen-bond acceptors (Lipinski definition) is 1. The summed E-state index contributed by atoms with van der Waals surface area (Å²) in [4.78, 5) is 13.3. The van der Waals surface area contributed by atoms with E-state index in [0.717, 1.165) is 37.7 Å². The average molecular weight is 280 g/mol. The van der Waals surface area contributed by atoms with E-state index in [1.54, 1.807) is 5.57 Å². The molecule has 3 unspecified atom stereocenters. The van der Waals surface area contributed by atoms with Crippen molar-refractivity contribution in [2.45, 2.75) is 58.3 Å². The highest BCUT2D eigenvalue weighted by molar-refractivity contribution is 6.04. The summed E-state index contributed by atoms with van der Waals surface area (Å²) < 4.78 is 0. The van der Waals surface area contributed by atoms with E-state index in [2.05, 4.69) is 38.1 Å². The Hall–Kier alpha value is -1.37. The Balaban J connectivity index is 1.78. The minimum absolute atomic E-state index is 0.0365. The zero-order chi connectivity index (χ0) is 14.6. The molecule has 0 aliphatic heterocycles. The monoisotopic (exact) mass is 280 g/mol. The highest BCUT2D eigenvalue weighted by Crippen LogP contribution is 2.58.